The summed E-state index contributed by atoms with van der Waals surface area (Å²) in [6, 6.07) is 7.64. The molecule has 2 unspecified atom stereocenters. The predicted octanol–water partition coefficient (Wildman–Crippen LogP) is 4.23. The van der Waals surface area contributed by atoms with Crippen LogP contribution in [0.3, 0.4) is 0 Å². The van der Waals surface area contributed by atoms with Gasteiger partial charge in [0.15, 0.2) is 0 Å². The van der Waals surface area contributed by atoms with E-state index in [-0.39, 0.29) is 33.8 Å². The first-order chi connectivity index (χ1) is 14.3. The highest BCUT2D eigenvalue weighted by Crippen LogP contribution is 2.31. The van der Waals surface area contributed by atoms with Crippen LogP contribution in [0.25, 0.3) is 0 Å². The summed E-state index contributed by atoms with van der Waals surface area (Å²) in [5.74, 6) is -1.14. The van der Waals surface area contributed by atoms with Crippen LogP contribution in [0.1, 0.15) is 28.9 Å². The Balaban J connectivity index is 1.87. The Hall–Kier alpha value is -2.26. The number of benzene rings is 2. The molecule has 10 heteroatoms. The zero-order chi connectivity index (χ0) is 21.8. The van der Waals surface area contributed by atoms with Crippen LogP contribution in [0.15, 0.2) is 36.4 Å². The topological polar surface area (TPSA) is 84.7 Å². The second-order valence-electron chi connectivity index (χ2n) is 6.96. The number of hydrogen-bond acceptors (Lipinski definition) is 5. The first-order valence-corrected chi connectivity index (χ1v) is 10.0. The van der Waals surface area contributed by atoms with Crippen molar-refractivity contribution < 1.29 is 18.8 Å². The van der Waals surface area contributed by atoms with Gasteiger partial charge >= 0.3 is 0 Å². The van der Waals surface area contributed by atoms with Gasteiger partial charge in [-0.15, -0.1) is 0 Å². The summed E-state index contributed by atoms with van der Waals surface area (Å²) in [6.45, 7) is 3.41. The number of nitrogens with one attached hydrogen (secondary N) is 1. The van der Waals surface area contributed by atoms with Gasteiger partial charge in [0.1, 0.15) is 11.4 Å². The smallest absolute Gasteiger partial charge is 0.283 e. The van der Waals surface area contributed by atoms with Gasteiger partial charge in [-0.3, -0.25) is 19.8 Å². The van der Waals surface area contributed by atoms with Crippen LogP contribution in [0.4, 0.5) is 10.1 Å². The van der Waals surface area contributed by atoms with Gasteiger partial charge in [-0.1, -0.05) is 29.3 Å². The number of rotatable bonds is 6. The van der Waals surface area contributed by atoms with E-state index in [0.29, 0.717) is 19.7 Å². The van der Waals surface area contributed by atoms with E-state index >= 15 is 0 Å². The Morgan fingerprint density at radius 2 is 2.17 bits per heavy atom. The molecular formula is C20H20Cl2FN3O4. The van der Waals surface area contributed by atoms with Gasteiger partial charge < -0.3 is 10.1 Å². The molecule has 30 heavy (non-hydrogen) atoms. The van der Waals surface area contributed by atoms with Crippen LogP contribution in [0.2, 0.25) is 10.0 Å². The highest BCUT2D eigenvalue weighted by molar-refractivity contribution is 6.31. The lowest BCUT2D eigenvalue weighted by atomic mass is 10.0. The van der Waals surface area contributed by atoms with Gasteiger partial charge in [0.05, 0.1) is 23.7 Å². The van der Waals surface area contributed by atoms with Crippen LogP contribution in [0, 0.1) is 15.9 Å². The number of hydrogen-bond donors (Lipinski definition) is 1. The van der Waals surface area contributed by atoms with Gasteiger partial charge in [0, 0.05) is 41.3 Å². The zero-order valence-corrected chi connectivity index (χ0v) is 17.6. The van der Waals surface area contributed by atoms with Crippen LogP contribution >= 0.6 is 23.2 Å². The normalized spacial score (nSPS) is 18.1. The van der Waals surface area contributed by atoms with E-state index < -0.39 is 28.4 Å². The van der Waals surface area contributed by atoms with Crippen molar-refractivity contribution in [2.45, 2.75) is 19.1 Å². The van der Waals surface area contributed by atoms with Crippen molar-refractivity contribution in [1.82, 2.24) is 10.2 Å². The van der Waals surface area contributed by atoms with E-state index in [2.05, 4.69) is 5.32 Å². The van der Waals surface area contributed by atoms with E-state index in [1.165, 1.54) is 24.3 Å². The Morgan fingerprint density at radius 1 is 1.40 bits per heavy atom. The van der Waals surface area contributed by atoms with Gasteiger partial charge in [0.25, 0.3) is 11.6 Å². The molecule has 3 rings (SSSR count). The summed E-state index contributed by atoms with van der Waals surface area (Å²) < 4.78 is 20.2. The molecular weight excluding hydrogens is 436 g/mol. The molecule has 0 bridgehead atoms. The largest absolute Gasteiger partial charge is 0.376 e. The maximum atomic E-state index is 14.7. The fourth-order valence-electron chi connectivity index (χ4n) is 3.50. The molecule has 0 saturated carbocycles. The average Bonchev–Trinajstić information content (AvgIpc) is 2.69. The Labute approximate surface area is 182 Å². The van der Waals surface area contributed by atoms with Crippen molar-refractivity contribution in [1.29, 1.82) is 0 Å². The third-order valence-corrected chi connectivity index (χ3v) is 5.47. The van der Waals surface area contributed by atoms with Crippen LogP contribution in [0.5, 0.6) is 0 Å². The molecule has 1 aliphatic heterocycles. The fourth-order valence-corrected chi connectivity index (χ4v) is 3.96. The number of halogens is 3. The first kappa shape index (κ1) is 22.4. The summed E-state index contributed by atoms with van der Waals surface area (Å²) in [5.41, 5.74) is -0.266. The minimum absolute atomic E-state index is 0.00594. The number of carbonyl (C=O) groups excluding carboxylic acids is 1. The number of ether oxygens (including phenoxy) is 1. The maximum Gasteiger partial charge on any atom is 0.283 e. The summed E-state index contributed by atoms with van der Waals surface area (Å²) in [4.78, 5) is 25.3. The molecule has 0 aliphatic carbocycles. The lowest BCUT2D eigenvalue weighted by Crippen LogP contribution is -2.47. The number of nitro benzene ring substituents is 1. The minimum Gasteiger partial charge on any atom is -0.376 e. The SMILES string of the molecule is CC1CN(C(CNC(=O)c2ccc(Cl)cc2[N+](=O)[O-])c2c(F)cccc2Cl)CCO1. The Kier molecular flexibility index (Phi) is 7.25. The number of nitrogens with zero attached hydrogens (tertiary/aromatic N) is 2. The van der Waals surface area contributed by atoms with E-state index in [4.69, 9.17) is 27.9 Å². The molecule has 0 spiro atoms. The van der Waals surface area contributed by atoms with Crippen LogP contribution in [-0.4, -0.2) is 48.1 Å². The van der Waals surface area contributed by atoms with Crippen molar-refractivity contribution in [2.75, 3.05) is 26.2 Å². The number of amides is 1. The summed E-state index contributed by atoms with van der Waals surface area (Å²) in [6.07, 6.45) is -0.0696. The monoisotopic (exact) mass is 455 g/mol. The molecule has 0 radical (unpaired) electrons. The third kappa shape index (κ3) is 5.07. The highest BCUT2D eigenvalue weighted by Gasteiger charge is 2.30. The Morgan fingerprint density at radius 3 is 2.83 bits per heavy atom. The van der Waals surface area contributed by atoms with Gasteiger partial charge in [-0.2, -0.15) is 0 Å². The van der Waals surface area contributed by atoms with Crippen molar-refractivity contribution in [3.05, 3.63) is 73.5 Å². The second-order valence-corrected chi connectivity index (χ2v) is 7.80. The molecule has 1 heterocycles. The van der Waals surface area contributed by atoms with Crippen molar-refractivity contribution in [3.63, 3.8) is 0 Å². The predicted molar refractivity (Wildman–Crippen MR) is 112 cm³/mol. The first-order valence-electron chi connectivity index (χ1n) is 9.29. The van der Waals surface area contributed by atoms with Crippen molar-refractivity contribution in [3.8, 4) is 0 Å². The molecule has 2 aromatic rings. The number of morpholine rings is 1. The molecule has 7 nitrogen and oxygen atoms in total. The number of carbonyl (C=O) groups is 1. The van der Waals surface area contributed by atoms with Crippen molar-refractivity contribution >= 4 is 34.8 Å². The molecule has 1 saturated heterocycles. The van der Waals surface area contributed by atoms with E-state index in [9.17, 15) is 19.3 Å². The third-order valence-electron chi connectivity index (χ3n) is 4.90. The van der Waals surface area contributed by atoms with Gasteiger partial charge in [-0.25, -0.2) is 4.39 Å². The van der Waals surface area contributed by atoms with Crippen molar-refractivity contribution in [2.24, 2.45) is 0 Å². The minimum atomic E-state index is -0.671. The van der Waals surface area contributed by atoms with Gasteiger partial charge in [0.2, 0.25) is 0 Å². The van der Waals surface area contributed by atoms with E-state index in [1.807, 2.05) is 11.8 Å². The molecule has 160 valence electrons. The quantitative estimate of drug-likeness (QED) is 0.520. The van der Waals surface area contributed by atoms with E-state index in [1.54, 1.807) is 6.07 Å². The summed E-state index contributed by atoms with van der Waals surface area (Å²) in [5, 5.41) is 14.4. The standard InChI is InChI=1S/C20H20Cl2FN3O4/c1-12-11-25(7-8-30-12)18(19-15(22)3-2-4-16(19)23)10-24-20(27)14-6-5-13(21)9-17(14)26(28)29/h2-6,9,12,18H,7-8,10-11H2,1H3,(H,24,27). The van der Waals surface area contributed by atoms with Crippen LogP contribution < -0.4 is 5.32 Å². The highest BCUT2D eigenvalue weighted by atomic mass is 35.5. The van der Waals surface area contributed by atoms with Crippen LogP contribution in [-0.2, 0) is 4.74 Å². The lowest BCUT2D eigenvalue weighted by Gasteiger charge is -2.38. The average molecular weight is 456 g/mol. The molecule has 1 amide bonds. The molecule has 1 aliphatic rings. The second kappa shape index (κ2) is 9.70. The zero-order valence-electron chi connectivity index (χ0n) is 16.1. The van der Waals surface area contributed by atoms with E-state index in [0.717, 1.165) is 6.07 Å². The molecule has 2 aromatic carbocycles. The van der Waals surface area contributed by atoms with Gasteiger partial charge in [-0.05, 0) is 31.2 Å². The fraction of sp³-hybridized carbons (Fsp3) is 0.350. The maximum absolute atomic E-state index is 14.7. The molecule has 2 atom stereocenters. The molecule has 1 N–H and O–H groups in total. The Bertz CT molecular complexity index is 939. The lowest BCUT2D eigenvalue weighted by molar-refractivity contribution is -0.385. The summed E-state index contributed by atoms with van der Waals surface area (Å²) >= 11 is 12.1. The number of nitro groups is 1. The molecule has 0 aromatic heterocycles. The molecule has 1 fully saturated rings. The summed E-state index contributed by atoms with van der Waals surface area (Å²) in [7, 11) is 0.